The molecular formula is C28H40F2O4Si. The van der Waals surface area contributed by atoms with E-state index in [-0.39, 0.29) is 35.1 Å². The predicted molar refractivity (Wildman–Crippen MR) is 137 cm³/mol. The number of para-hydroxylation sites is 1. The number of benzene rings is 1. The number of hydrogen-bond acceptors (Lipinski definition) is 4. The highest BCUT2D eigenvalue weighted by Crippen LogP contribution is 2.45. The van der Waals surface area contributed by atoms with E-state index in [1.165, 1.54) is 0 Å². The molecule has 7 heteroatoms. The first kappa shape index (κ1) is 27.6. The van der Waals surface area contributed by atoms with Crippen LogP contribution in [-0.2, 0) is 14.0 Å². The minimum Gasteiger partial charge on any atom is -0.487 e. The molecule has 0 N–H and O–H groups in total. The summed E-state index contributed by atoms with van der Waals surface area (Å²) in [6.07, 6.45) is 9.23. The summed E-state index contributed by atoms with van der Waals surface area (Å²) in [5, 5.41) is -0.0260. The SMILES string of the molecule is CC(C)(C)[Si](C)(C)OC1C[C@@H]2OC(=O)CCC/C=C\C[C@@H]2[C@H]1/C=C/C(F)(F)COc1ccccc1. The van der Waals surface area contributed by atoms with Gasteiger partial charge in [0, 0.05) is 24.7 Å². The molecule has 194 valence electrons. The molecule has 2 aliphatic rings. The Morgan fingerprint density at radius 2 is 1.86 bits per heavy atom. The molecule has 35 heavy (non-hydrogen) atoms. The quantitative estimate of drug-likeness (QED) is 0.221. The first-order valence-electron chi connectivity index (χ1n) is 12.7. The molecule has 1 saturated carbocycles. The monoisotopic (exact) mass is 506 g/mol. The van der Waals surface area contributed by atoms with Gasteiger partial charge in [0.1, 0.15) is 11.9 Å². The Morgan fingerprint density at radius 3 is 2.54 bits per heavy atom. The van der Waals surface area contributed by atoms with Gasteiger partial charge in [0.05, 0.1) is 6.10 Å². The maximum Gasteiger partial charge on any atom is 0.306 e. The Labute approximate surface area is 209 Å². The number of ether oxygens (including phenoxy) is 2. The molecule has 1 aromatic carbocycles. The van der Waals surface area contributed by atoms with E-state index in [0.717, 1.165) is 18.9 Å². The fraction of sp³-hybridized carbons (Fsp3) is 0.607. The third kappa shape index (κ3) is 7.74. The van der Waals surface area contributed by atoms with Crippen molar-refractivity contribution in [2.75, 3.05) is 6.61 Å². The summed E-state index contributed by atoms with van der Waals surface area (Å²) >= 11 is 0. The molecule has 0 amide bonds. The maximum absolute atomic E-state index is 14.8. The number of carbonyl (C=O) groups is 1. The first-order chi connectivity index (χ1) is 16.4. The van der Waals surface area contributed by atoms with Crippen LogP contribution in [0, 0.1) is 11.8 Å². The van der Waals surface area contributed by atoms with Gasteiger partial charge in [0.2, 0.25) is 0 Å². The zero-order valence-electron chi connectivity index (χ0n) is 21.6. The van der Waals surface area contributed by atoms with Gasteiger partial charge in [-0.05, 0) is 55.6 Å². The van der Waals surface area contributed by atoms with E-state index in [1.54, 1.807) is 30.3 Å². The third-order valence-corrected chi connectivity index (χ3v) is 12.0. The zero-order chi connectivity index (χ0) is 25.7. The average molecular weight is 507 g/mol. The van der Waals surface area contributed by atoms with Gasteiger partial charge in [0.25, 0.3) is 5.92 Å². The van der Waals surface area contributed by atoms with Crippen molar-refractivity contribution < 1.29 is 27.5 Å². The second-order valence-corrected chi connectivity index (χ2v) is 16.0. The molecule has 0 bridgehead atoms. The second-order valence-electron chi connectivity index (χ2n) is 11.2. The highest BCUT2D eigenvalue weighted by molar-refractivity contribution is 6.74. The molecule has 0 spiro atoms. The van der Waals surface area contributed by atoms with Crippen LogP contribution in [0.25, 0.3) is 0 Å². The molecule has 1 heterocycles. The van der Waals surface area contributed by atoms with Gasteiger partial charge in [-0.2, -0.15) is 8.78 Å². The smallest absolute Gasteiger partial charge is 0.306 e. The van der Waals surface area contributed by atoms with E-state index in [2.05, 4.69) is 46.0 Å². The normalized spacial score (nSPS) is 27.3. The highest BCUT2D eigenvalue weighted by Gasteiger charge is 2.49. The van der Waals surface area contributed by atoms with Crippen molar-refractivity contribution in [1.82, 2.24) is 0 Å². The molecule has 1 aromatic rings. The summed E-state index contributed by atoms with van der Waals surface area (Å²) in [5.41, 5.74) is 0. The lowest BCUT2D eigenvalue weighted by Crippen LogP contribution is -2.45. The average Bonchev–Trinajstić information content (AvgIpc) is 3.08. The van der Waals surface area contributed by atoms with E-state index >= 15 is 0 Å². The number of allylic oxidation sites excluding steroid dienone is 2. The van der Waals surface area contributed by atoms with Gasteiger partial charge in [-0.25, -0.2) is 0 Å². The molecule has 3 rings (SSSR count). The Balaban J connectivity index is 1.83. The molecule has 4 atom stereocenters. The number of halogens is 2. The predicted octanol–water partition coefficient (Wildman–Crippen LogP) is 7.33. The molecule has 1 unspecified atom stereocenters. The molecule has 0 radical (unpaired) electrons. The minimum atomic E-state index is -3.14. The van der Waals surface area contributed by atoms with Crippen LogP contribution in [0.3, 0.4) is 0 Å². The number of rotatable bonds is 7. The van der Waals surface area contributed by atoms with Crippen LogP contribution in [0.2, 0.25) is 18.1 Å². The highest BCUT2D eigenvalue weighted by atomic mass is 28.4. The largest absolute Gasteiger partial charge is 0.487 e. The fourth-order valence-corrected chi connectivity index (χ4v) is 5.80. The van der Waals surface area contributed by atoms with E-state index in [1.807, 2.05) is 6.07 Å². The van der Waals surface area contributed by atoms with E-state index in [0.29, 0.717) is 25.0 Å². The van der Waals surface area contributed by atoms with Gasteiger partial charge in [-0.3, -0.25) is 4.79 Å². The lowest BCUT2D eigenvalue weighted by atomic mass is 9.89. The summed E-state index contributed by atoms with van der Waals surface area (Å²) in [6, 6.07) is 8.62. The Morgan fingerprint density at radius 1 is 1.14 bits per heavy atom. The minimum absolute atomic E-state index is 0.0260. The topological polar surface area (TPSA) is 44.8 Å². The van der Waals surface area contributed by atoms with Crippen LogP contribution in [0.1, 0.15) is 52.9 Å². The van der Waals surface area contributed by atoms with Crippen LogP contribution in [0.4, 0.5) is 8.78 Å². The van der Waals surface area contributed by atoms with E-state index < -0.39 is 20.8 Å². The summed E-state index contributed by atoms with van der Waals surface area (Å²) in [7, 11) is -2.18. The standard InChI is InChI=1S/C28H40F2O4Si/c1-27(2,3)35(4,5)34-25-19-24-22(15-11-6-7-12-16-26(31)33-24)23(25)17-18-28(29,30)20-32-21-13-9-8-10-14-21/h6,8-11,13-14,17-18,22-25H,7,12,15-16,19-20H2,1-5H3/b11-6-,18-17+/t22-,23-,24+,25?/m1/s1. The number of carbonyl (C=O) groups excluding carboxylic acids is 1. The molecule has 1 aliphatic carbocycles. The van der Waals surface area contributed by atoms with Gasteiger partial charge in [-0.1, -0.05) is 57.2 Å². The summed E-state index contributed by atoms with van der Waals surface area (Å²) < 4.78 is 47.6. The number of alkyl halides is 2. The van der Waals surface area contributed by atoms with Crippen LogP contribution in [-0.4, -0.2) is 39.0 Å². The van der Waals surface area contributed by atoms with Gasteiger partial charge < -0.3 is 13.9 Å². The second kappa shape index (κ2) is 11.4. The Bertz CT molecular complexity index is 892. The van der Waals surface area contributed by atoms with Gasteiger partial charge in [-0.15, -0.1) is 0 Å². The van der Waals surface area contributed by atoms with Crippen LogP contribution in [0.15, 0.2) is 54.6 Å². The van der Waals surface area contributed by atoms with Crippen molar-refractivity contribution >= 4 is 14.3 Å². The molecular weight excluding hydrogens is 466 g/mol. The van der Waals surface area contributed by atoms with Crippen molar-refractivity contribution in [3.8, 4) is 5.75 Å². The molecule has 1 aliphatic heterocycles. The summed E-state index contributed by atoms with van der Waals surface area (Å²) in [5.74, 6) is -3.34. The number of hydrogen-bond donors (Lipinski definition) is 0. The lowest BCUT2D eigenvalue weighted by molar-refractivity contribution is -0.151. The molecule has 0 saturated heterocycles. The molecule has 0 aromatic heterocycles. The van der Waals surface area contributed by atoms with E-state index in [9.17, 15) is 13.6 Å². The van der Waals surface area contributed by atoms with Gasteiger partial charge in [0.15, 0.2) is 14.9 Å². The Hall–Kier alpha value is -1.99. The maximum atomic E-state index is 14.8. The first-order valence-corrected chi connectivity index (χ1v) is 15.6. The van der Waals surface area contributed by atoms with Crippen LogP contribution < -0.4 is 4.74 Å². The number of fused-ring (bicyclic) bond motifs is 1. The summed E-state index contributed by atoms with van der Waals surface area (Å²) in [6.45, 7) is 10.1. The molecule has 4 nitrogen and oxygen atoms in total. The van der Waals surface area contributed by atoms with Crippen LogP contribution >= 0.6 is 0 Å². The zero-order valence-corrected chi connectivity index (χ0v) is 22.6. The van der Waals surface area contributed by atoms with Crippen molar-refractivity contribution in [1.29, 1.82) is 0 Å². The van der Waals surface area contributed by atoms with Gasteiger partial charge >= 0.3 is 5.97 Å². The lowest BCUT2D eigenvalue weighted by Gasteiger charge is -2.39. The van der Waals surface area contributed by atoms with Crippen molar-refractivity contribution in [2.24, 2.45) is 11.8 Å². The third-order valence-electron chi connectivity index (χ3n) is 7.46. The fourth-order valence-electron chi connectivity index (χ4n) is 4.44. The molecule has 1 fully saturated rings. The van der Waals surface area contributed by atoms with Crippen LogP contribution in [0.5, 0.6) is 5.75 Å². The number of esters is 1. The van der Waals surface area contributed by atoms with E-state index in [4.69, 9.17) is 13.9 Å². The summed E-state index contributed by atoms with van der Waals surface area (Å²) in [4.78, 5) is 12.4. The van der Waals surface area contributed by atoms with Crippen molar-refractivity contribution in [3.05, 3.63) is 54.6 Å². The Kier molecular flexibility index (Phi) is 8.97. The van der Waals surface area contributed by atoms with Crippen molar-refractivity contribution in [2.45, 2.75) is 89.1 Å². The van der Waals surface area contributed by atoms with Crippen molar-refractivity contribution in [3.63, 3.8) is 0 Å².